The fourth-order valence-corrected chi connectivity index (χ4v) is 12.5. The summed E-state index contributed by atoms with van der Waals surface area (Å²) in [6.45, 7) is 15.1. The normalized spacial score (nSPS) is 16.8. The summed E-state index contributed by atoms with van der Waals surface area (Å²) >= 11 is 0. The minimum Gasteiger partial charge on any atom is -0.444 e. The number of aliphatic hydroxyl groups is 2. The van der Waals surface area contributed by atoms with Crippen molar-refractivity contribution >= 4 is 18.1 Å². The molecule has 2 aliphatic rings. The van der Waals surface area contributed by atoms with Crippen molar-refractivity contribution in [2.75, 3.05) is 32.7 Å². The van der Waals surface area contributed by atoms with Gasteiger partial charge in [-0.25, -0.2) is 27.2 Å². The van der Waals surface area contributed by atoms with Gasteiger partial charge in [-0.3, -0.25) is 29.3 Å². The van der Waals surface area contributed by atoms with Gasteiger partial charge in [-0.15, -0.1) is 0 Å². The molecule has 8 aromatic carbocycles. The third kappa shape index (κ3) is 21.1. The third-order valence-electron chi connectivity index (χ3n) is 16.8. The highest BCUT2D eigenvalue weighted by atomic mass is 19.1. The lowest BCUT2D eigenvalue weighted by Crippen LogP contribution is -2.66. The first kappa shape index (κ1) is 70.6. The maximum absolute atomic E-state index is 14.5. The van der Waals surface area contributed by atoms with E-state index < -0.39 is 88.9 Å². The smallest absolute Gasteiger partial charge is 0.411 e. The van der Waals surface area contributed by atoms with E-state index in [-0.39, 0.29) is 25.9 Å². The zero-order valence-corrected chi connectivity index (χ0v) is 55.1. The van der Waals surface area contributed by atoms with Crippen LogP contribution >= 0.6 is 0 Å². The maximum Gasteiger partial charge on any atom is 0.411 e. The van der Waals surface area contributed by atoms with Gasteiger partial charge in [-0.1, -0.05) is 182 Å². The van der Waals surface area contributed by atoms with Crippen LogP contribution in [0.5, 0.6) is 0 Å². The highest BCUT2D eigenvalue weighted by Gasteiger charge is 2.48. The SMILES string of the molecule is CC(C)(C)OC(=O)N1CCN(Cc2ccccc2)C(=O)[C@@H]1[C@@H](O)C(Cc1cc(F)cc(F)c1)N(Cc1ccccc1)Cc1ccccc1.CC(C)(C)OC(=O)N1CCN(Cc2ccccc2)C[C@@H]1[C@@H](O)C(Cc1cc(F)cc(F)c1)N(Cc1ccccc1)Cc1ccccc1. The number of carbonyl (C=O) groups excluding carboxylic acids is 3. The van der Waals surface area contributed by atoms with E-state index >= 15 is 0 Å². The number of hydrogen-bond acceptors (Lipinski definition) is 10. The molecule has 2 saturated heterocycles. The molecule has 0 spiro atoms. The number of halogens is 4. The molecule has 2 aliphatic heterocycles. The van der Waals surface area contributed by atoms with Crippen LogP contribution in [0.3, 0.4) is 0 Å². The van der Waals surface area contributed by atoms with Crippen LogP contribution in [0.1, 0.15) is 86.1 Å². The van der Waals surface area contributed by atoms with Gasteiger partial charge in [0, 0.05) is 96.2 Å². The molecule has 8 aromatic rings. The number of amides is 3. The molecule has 2 heterocycles. The molecular weight excluding hydrogens is 1210 g/mol. The van der Waals surface area contributed by atoms with E-state index in [2.05, 4.69) is 21.9 Å². The summed E-state index contributed by atoms with van der Waals surface area (Å²) in [5.74, 6) is -3.26. The number of hydrogen-bond donors (Lipinski definition) is 2. The number of rotatable bonds is 22. The van der Waals surface area contributed by atoms with Crippen LogP contribution in [0.25, 0.3) is 0 Å². The van der Waals surface area contributed by atoms with Crippen LogP contribution < -0.4 is 0 Å². The van der Waals surface area contributed by atoms with Crippen LogP contribution in [-0.2, 0) is 66.4 Å². The van der Waals surface area contributed by atoms with Gasteiger partial charge in [0.25, 0.3) is 0 Å². The minimum absolute atomic E-state index is 0.000136. The molecule has 95 heavy (non-hydrogen) atoms. The quantitative estimate of drug-likeness (QED) is 0.0633. The maximum atomic E-state index is 14.5. The van der Waals surface area contributed by atoms with Crippen molar-refractivity contribution < 1.29 is 51.6 Å². The Morgan fingerprint density at radius 2 is 0.768 bits per heavy atom. The van der Waals surface area contributed by atoms with Crippen LogP contribution in [-0.4, -0.2) is 138 Å². The summed E-state index contributed by atoms with van der Waals surface area (Å²) in [6.07, 6.45) is -3.61. The van der Waals surface area contributed by atoms with Crippen LogP contribution in [0.4, 0.5) is 27.2 Å². The van der Waals surface area contributed by atoms with Crippen molar-refractivity contribution in [2.45, 2.75) is 141 Å². The summed E-state index contributed by atoms with van der Waals surface area (Å²) < 4.78 is 69.7. The second-order valence-corrected chi connectivity index (χ2v) is 26.7. The number of benzene rings is 8. The molecule has 0 radical (unpaired) electrons. The highest BCUT2D eigenvalue weighted by Crippen LogP contribution is 2.31. The van der Waals surface area contributed by atoms with Crippen molar-refractivity contribution in [3.05, 3.63) is 286 Å². The first-order chi connectivity index (χ1) is 45.5. The lowest BCUT2D eigenvalue weighted by atomic mass is 9.91. The van der Waals surface area contributed by atoms with Crippen LogP contribution in [0.15, 0.2) is 218 Å². The monoisotopic (exact) mass is 1300 g/mol. The second-order valence-electron chi connectivity index (χ2n) is 26.7. The first-order valence-electron chi connectivity index (χ1n) is 32.5. The van der Waals surface area contributed by atoms with E-state index in [1.54, 1.807) is 30.6 Å². The molecule has 0 aromatic heterocycles. The molecule has 0 saturated carbocycles. The van der Waals surface area contributed by atoms with Gasteiger partial charge in [0.2, 0.25) is 5.91 Å². The molecule has 13 nitrogen and oxygen atoms in total. The van der Waals surface area contributed by atoms with E-state index in [4.69, 9.17) is 9.47 Å². The molecule has 500 valence electrons. The van der Waals surface area contributed by atoms with Gasteiger partial charge in [0.1, 0.15) is 40.5 Å². The summed E-state index contributed by atoms with van der Waals surface area (Å²) in [7, 11) is 0. The topological polar surface area (TPSA) is 130 Å². The van der Waals surface area contributed by atoms with Gasteiger partial charge in [-0.05, 0) is 123 Å². The third-order valence-corrected chi connectivity index (χ3v) is 16.8. The Bertz CT molecular complexity index is 3580. The highest BCUT2D eigenvalue weighted by molar-refractivity contribution is 5.88. The van der Waals surface area contributed by atoms with Gasteiger partial charge < -0.3 is 24.6 Å². The fraction of sp³-hybridized carbons (Fsp3) is 0.346. The molecule has 2 unspecified atom stereocenters. The Morgan fingerprint density at radius 3 is 1.14 bits per heavy atom. The predicted octanol–water partition coefficient (Wildman–Crippen LogP) is 13.6. The minimum atomic E-state index is -1.47. The number of piperazine rings is 2. The zero-order valence-electron chi connectivity index (χ0n) is 55.1. The number of aliphatic hydroxyl groups excluding tert-OH is 2. The van der Waals surface area contributed by atoms with Crippen molar-refractivity contribution in [2.24, 2.45) is 0 Å². The Balaban J connectivity index is 0.000000223. The zero-order chi connectivity index (χ0) is 67.7. The molecule has 2 N–H and O–H groups in total. The largest absolute Gasteiger partial charge is 0.444 e. The van der Waals surface area contributed by atoms with Gasteiger partial charge in [-0.2, -0.15) is 0 Å². The summed E-state index contributed by atoms with van der Waals surface area (Å²) in [6, 6.07) is 62.1. The Labute approximate surface area is 556 Å². The van der Waals surface area contributed by atoms with Gasteiger partial charge >= 0.3 is 12.2 Å². The molecule has 3 amide bonds. The van der Waals surface area contributed by atoms with Crippen molar-refractivity contribution in [3.63, 3.8) is 0 Å². The average Bonchev–Trinajstić information content (AvgIpc) is 0.802. The summed E-state index contributed by atoms with van der Waals surface area (Å²) in [5.41, 5.74) is 5.17. The van der Waals surface area contributed by atoms with E-state index in [1.807, 2.05) is 196 Å². The predicted molar refractivity (Wildman–Crippen MR) is 361 cm³/mol. The Morgan fingerprint density at radius 1 is 0.442 bits per heavy atom. The molecule has 0 bridgehead atoms. The van der Waals surface area contributed by atoms with Gasteiger partial charge in [0.15, 0.2) is 0 Å². The van der Waals surface area contributed by atoms with Crippen molar-refractivity contribution in [1.29, 1.82) is 0 Å². The fourth-order valence-electron chi connectivity index (χ4n) is 12.5. The standard InChI is InChI=1S/C39H43F2N3O4.C39H45F2N3O3/c1-39(2,3)48-38(47)44-20-19-42(25-28-13-7-4-8-14-28)37(46)35(44)36(45)34(23-31-21-32(40)24-33(41)22-31)43(26-29-15-9-5-10-16-29)27-30-17-11-6-12-18-30;1-39(2,3)47-38(46)44-20-19-42(25-29-13-7-4-8-14-29)28-36(44)37(45)35(23-32-21-33(40)24-34(41)22-32)43(26-30-15-9-5-10-16-30)27-31-17-11-6-12-18-31/h4-18,21-22,24,34-36,45H,19-20,23,25-27H2,1-3H3;4-18,21-22,24,35-37,45H,19-20,23,25-28H2,1-3H3/t34?,35-,36-;35?,36-,37+/m01/s1. The first-order valence-corrected chi connectivity index (χ1v) is 32.5. The molecule has 2 fully saturated rings. The molecule has 6 atom stereocenters. The van der Waals surface area contributed by atoms with E-state index in [0.29, 0.717) is 70.0 Å². The molecule has 0 aliphatic carbocycles. The summed E-state index contributed by atoms with van der Waals surface area (Å²) in [5, 5.41) is 25.1. The lowest BCUT2D eigenvalue weighted by Gasteiger charge is -2.47. The number of carbonyl (C=O) groups is 3. The summed E-state index contributed by atoms with van der Waals surface area (Å²) in [4.78, 5) is 52.8. The van der Waals surface area contributed by atoms with E-state index in [9.17, 15) is 42.2 Å². The lowest BCUT2D eigenvalue weighted by molar-refractivity contribution is -0.150. The van der Waals surface area contributed by atoms with Gasteiger partial charge in [0.05, 0.1) is 18.2 Å². The molecular formula is C78H88F4N6O7. The van der Waals surface area contributed by atoms with Crippen LogP contribution in [0, 0.1) is 23.3 Å². The molecule has 17 heteroatoms. The number of ether oxygens (including phenoxy) is 2. The van der Waals surface area contributed by atoms with Crippen LogP contribution in [0.2, 0.25) is 0 Å². The Hall–Kier alpha value is -8.71. The second kappa shape index (κ2) is 33.1. The average molecular weight is 1300 g/mol. The molecule has 10 rings (SSSR count). The Kier molecular flexibility index (Phi) is 24.6. The van der Waals surface area contributed by atoms with E-state index in [1.165, 1.54) is 29.2 Å². The van der Waals surface area contributed by atoms with Crippen molar-refractivity contribution in [1.82, 2.24) is 29.4 Å². The van der Waals surface area contributed by atoms with E-state index in [0.717, 1.165) is 45.5 Å². The van der Waals surface area contributed by atoms with Crippen molar-refractivity contribution in [3.8, 4) is 0 Å². The number of nitrogens with zero attached hydrogens (tertiary/aromatic N) is 6.